The van der Waals surface area contributed by atoms with Gasteiger partial charge in [0.05, 0.1) is 24.1 Å². The SMILES string of the molecule is O=C(O)C[C@H](CC(O)c1ccccn1)C(F)(F)F. The van der Waals surface area contributed by atoms with Crippen LogP contribution >= 0.6 is 0 Å². The van der Waals surface area contributed by atoms with Gasteiger partial charge in [-0.15, -0.1) is 0 Å². The third kappa shape index (κ3) is 4.33. The summed E-state index contributed by atoms with van der Waals surface area (Å²) >= 11 is 0. The lowest BCUT2D eigenvalue weighted by Crippen LogP contribution is -2.27. The summed E-state index contributed by atoms with van der Waals surface area (Å²) < 4.78 is 37.7. The van der Waals surface area contributed by atoms with E-state index in [4.69, 9.17) is 5.11 Å². The Bertz CT molecular complexity index is 394. The topological polar surface area (TPSA) is 70.4 Å². The molecule has 0 saturated heterocycles. The van der Waals surface area contributed by atoms with Crippen molar-refractivity contribution < 1.29 is 28.2 Å². The molecule has 1 unspecified atom stereocenters. The van der Waals surface area contributed by atoms with E-state index in [1.807, 2.05) is 0 Å². The maximum absolute atomic E-state index is 12.6. The van der Waals surface area contributed by atoms with Gasteiger partial charge in [0.1, 0.15) is 0 Å². The van der Waals surface area contributed by atoms with Gasteiger partial charge in [-0.2, -0.15) is 13.2 Å². The van der Waals surface area contributed by atoms with Gasteiger partial charge in [-0.3, -0.25) is 9.78 Å². The first-order valence-electron chi connectivity index (χ1n) is 5.18. The Morgan fingerprint density at radius 3 is 2.50 bits per heavy atom. The van der Waals surface area contributed by atoms with Crippen LogP contribution < -0.4 is 0 Å². The molecule has 0 aliphatic rings. The zero-order valence-corrected chi connectivity index (χ0v) is 9.26. The Balaban J connectivity index is 2.75. The number of nitrogens with zero attached hydrogens (tertiary/aromatic N) is 1. The number of aliphatic hydroxyl groups excluding tert-OH is 1. The molecule has 4 nitrogen and oxygen atoms in total. The van der Waals surface area contributed by atoms with Crippen molar-refractivity contribution in [2.45, 2.75) is 25.1 Å². The number of hydrogen-bond donors (Lipinski definition) is 2. The summed E-state index contributed by atoms with van der Waals surface area (Å²) in [7, 11) is 0. The van der Waals surface area contributed by atoms with Gasteiger partial charge in [-0.1, -0.05) is 6.07 Å². The summed E-state index contributed by atoms with van der Waals surface area (Å²) in [5, 5.41) is 18.0. The maximum atomic E-state index is 12.6. The zero-order valence-electron chi connectivity index (χ0n) is 9.26. The van der Waals surface area contributed by atoms with E-state index in [0.29, 0.717) is 0 Å². The van der Waals surface area contributed by atoms with Crippen LogP contribution in [0.25, 0.3) is 0 Å². The van der Waals surface area contributed by atoms with Gasteiger partial charge in [0, 0.05) is 6.20 Å². The molecular weight excluding hydrogens is 251 g/mol. The zero-order chi connectivity index (χ0) is 13.8. The minimum atomic E-state index is -4.66. The van der Waals surface area contributed by atoms with Crippen molar-refractivity contribution >= 4 is 5.97 Å². The summed E-state index contributed by atoms with van der Waals surface area (Å²) in [6, 6.07) is 4.49. The number of alkyl halides is 3. The van der Waals surface area contributed by atoms with Crippen LogP contribution in [0.4, 0.5) is 13.2 Å². The van der Waals surface area contributed by atoms with Gasteiger partial charge in [0.2, 0.25) is 0 Å². The lowest BCUT2D eigenvalue weighted by atomic mass is 9.95. The van der Waals surface area contributed by atoms with E-state index in [9.17, 15) is 23.1 Å². The number of halogens is 3. The molecule has 0 amide bonds. The summed E-state index contributed by atoms with van der Waals surface area (Å²) in [6.45, 7) is 0. The molecule has 2 atom stereocenters. The van der Waals surface area contributed by atoms with Crippen LogP contribution in [-0.4, -0.2) is 27.3 Å². The van der Waals surface area contributed by atoms with Crippen molar-refractivity contribution in [1.82, 2.24) is 4.98 Å². The van der Waals surface area contributed by atoms with Gasteiger partial charge >= 0.3 is 12.1 Å². The first kappa shape index (κ1) is 14.4. The molecule has 0 aliphatic heterocycles. The summed E-state index contributed by atoms with van der Waals surface area (Å²) in [4.78, 5) is 14.1. The highest BCUT2D eigenvalue weighted by Crippen LogP contribution is 2.35. The van der Waals surface area contributed by atoms with E-state index in [-0.39, 0.29) is 5.69 Å². The van der Waals surface area contributed by atoms with E-state index in [1.165, 1.54) is 18.3 Å². The molecule has 1 rings (SSSR count). The average Bonchev–Trinajstić information content (AvgIpc) is 2.27. The highest BCUT2D eigenvalue weighted by molar-refractivity contribution is 5.67. The third-order valence-corrected chi connectivity index (χ3v) is 2.42. The Morgan fingerprint density at radius 1 is 1.39 bits per heavy atom. The molecule has 0 fully saturated rings. The predicted molar refractivity (Wildman–Crippen MR) is 55.6 cm³/mol. The van der Waals surface area contributed by atoms with E-state index in [2.05, 4.69) is 4.98 Å². The molecule has 0 radical (unpaired) electrons. The van der Waals surface area contributed by atoms with Crippen LogP contribution in [0.2, 0.25) is 0 Å². The quantitative estimate of drug-likeness (QED) is 0.854. The number of pyridine rings is 1. The normalized spacial score (nSPS) is 15.1. The van der Waals surface area contributed by atoms with Gasteiger partial charge in [0.15, 0.2) is 0 Å². The third-order valence-electron chi connectivity index (χ3n) is 2.42. The van der Waals surface area contributed by atoms with Gasteiger partial charge in [0.25, 0.3) is 0 Å². The van der Waals surface area contributed by atoms with Crippen LogP contribution in [0.5, 0.6) is 0 Å². The molecule has 0 saturated carbocycles. The van der Waals surface area contributed by atoms with Crippen molar-refractivity contribution in [3.63, 3.8) is 0 Å². The maximum Gasteiger partial charge on any atom is 0.392 e. The smallest absolute Gasteiger partial charge is 0.392 e. The summed E-state index contributed by atoms with van der Waals surface area (Å²) in [5.41, 5.74) is 0.0946. The van der Waals surface area contributed by atoms with Crippen molar-refractivity contribution in [1.29, 1.82) is 0 Å². The number of carboxylic acid groups (broad SMARTS) is 1. The van der Waals surface area contributed by atoms with Crippen molar-refractivity contribution in [2.24, 2.45) is 5.92 Å². The number of hydrogen-bond acceptors (Lipinski definition) is 3. The monoisotopic (exact) mass is 263 g/mol. The number of carboxylic acids is 1. The second-order valence-electron chi connectivity index (χ2n) is 3.84. The predicted octanol–water partition coefficient (Wildman–Crippen LogP) is 2.16. The number of carbonyl (C=O) groups is 1. The van der Waals surface area contributed by atoms with E-state index < -0.39 is 37.0 Å². The molecule has 18 heavy (non-hydrogen) atoms. The average molecular weight is 263 g/mol. The molecule has 1 aromatic heterocycles. The molecule has 0 aliphatic carbocycles. The Labute approximate surface area is 101 Å². The molecule has 7 heteroatoms. The lowest BCUT2D eigenvalue weighted by molar-refractivity contribution is -0.189. The lowest BCUT2D eigenvalue weighted by Gasteiger charge is -2.21. The van der Waals surface area contributed by atoms with Crippen LogP contribution in [-0.2, 0) is 4.79 Å². The molecule has 0 aromatic carbocycles. The van der Waals surface area contributed by atoms with Gasteiger partial charge < -0.3 is 10.2 Å². The van der Waals surface area contributed by atoms with Crippen molar-refractivity contribution in [3.8, 4) is 0 Å². The van der Waals surface area contributed by atoms with Crippen LogP contribution in [0, 0.1) is 5.92 Å². The molecule has 2 N–H and O–H groups in total. The van der Waals surface area contributed by atoms with E-state index in [0.717, 1.165) is 0 Å². The summed E-state index contributed by atoms with van der Waals surface area (Å²) in [6.07, 6.45) is -6.52. The Kier molecular flexibility index (Phi) is 4.66. The molecule has 1 aromatic rings. The van der Waals surface area contributed by atoms with Crippen molar-refractivity contribution in [3.05, 3.63) is 30.1 Å². The number of aromatic nitrogens is 1. The molecule has 1 heterocycles. The summed E-state index contributed by atoms with van der Waals surface area (Å²) in [5.74, 6) is -3.64. The van der Waals surface area contributed by atoms with E-state index >= 15 is 0 Å². The minimum Gasteiger partial charge on any atom is -0.481 e. The standard InChI is InChI=1S/C11H12F3NO3/c12-11(13,14)7(6-10(17)18)5-9(16)8-3-1-2-4-15-8/h1-4,7,9,16H,5-6H2,(H,17,18)/t7-,9?/m0/s1. The first-order valence-corrected chi connectivity index (χ1v) is 5.18. The second kappa shape index (κ2) is 5.81. The number of aliphatic hydroxyl groups is 1. The Morgan fingerprint density at radius 2 is 2.06 bits per heavy atom. The second-order valence-corrected chi connectivity index (χ2v) is 3.84. The highest BCUT2D eigenvalue weighted by atomic mass is 19.4. The van der Waals surface area contributed by atoms with Crippen molar-refractivity contribution in [2.75, 3.05) is 0 Å². The molecule has 0 spiro atoms. The largest absolute Gasteiger partial charge is 0.481 e. The first-order chi connectivity index (χ1) is 8.30. The van der Waals surface area contributed by atoms with Crippen LogP contribution in [0.15, 0.2) is 24.4 Å². The fourth-order valence-electron chi connectivity index (χ4n) is 1.51. The highest BCUT2D eigenvalue weighted by Gasteiger charge is 2.42. The van der Waals surface area contributed by atoms with E-state index in [1.54, 1.807) is 6.07 Å². The Hall–Kier alpha value is -1.63. The molecule has 100 valence electrons. The van der Waals surface area contributed by atoms with Crippen LogP contribution in [0.3, 0.4) is 0 Å². The fraction of sp³-hybridized carbons (Fsp3) is 0.455. The van der Waals surface area contributed by atoms with Gasteiger partial charge in [-0.25, -0.2) is 0 Å². The number of rotatable bonds is 5. The van der Waals surface area contributed by atoms with Crippen LogP contribution in [0.1, 0.15) is 24.6 Å². The number of aliphatic carboxylic acids is 1. The minimum absolute atomic E-state index is 0.0946. The fourth-order valence-corrected chi connectivity index (χ4v) is 1.51. The molecular formula is C11H12F3NO3. The van der Waals surface area contributed by atoms with Gasteiger partial charge in [-0.05, 0) is 18.6 Å². The molecule has 0 bridgehead atoms.